The fourth-order valence-electron chi connectivity index (χ4n) is 3.22. The van der Waals surface area contributed by atoms with E-state index in [1.807, 2.05) is 0 Å². The number of likely N-dealkylation sites (N-methyl/N-ethyl adjacent to an activating group) is 1. The zero-order valence-corrected chi connectivity index (χ0v) is 18.2. The Labute approximate surface area is 164 Å². The molecule has 0 heterocycles. The molecule has 1 atom stereocenters. The van der Waals surface area contributed by atoms with E-state index >= 15 is 0 Å². The molecule has 2 N–H and O–H groups in total. The molecule has 0 aromatic heterocycles. The zero-order chi connectivity index (χ0) is 16.7. The smallest absolute Gasteiger partial charge is 0.115 e. The third-order valence-corrected chi connectivity index (χ3v) is 5.20. The Hall–Kier alpha value is 0.460. The lowest BCUT2D eigenvalue weighted by molar-refractivity contribution is -0.925. The number of aliphatic hydroxyl groups is 1. The van der Waals surface area contributed by atoms with Crippen molar-refractivity contribution >= 4 is 12.4 Å². The number of halogens is 2. The second kappa shape index (κ2) is 19.8. The maximum absolute atomic E-state index is 10.2. The first-order chi connectivity index (χ1) is 10.6. The highest BCUT2D eigenvalue weighted by molar-refractivity contribution is 5.85. The molecule has 0 bridgehead atoms. The molecule has 24 heavy (non-hydrogen) atoms. The summed E-state index contributed by atoms with van der Waals surface area (Å²) in [6, 6.07) is 0. The van der Waals surface area contributed by atoms with Gasteiger partial charge in [0.25, 0.3) is 0 Å². The minimum Gasteiger partial charge on any atom is -1.00 e. The van der Waals surface area contributed by atoms with E-state index < -0.39 is 0 Å². The number of nitrogens with zero attached hydrogens (tertiary/aromatic N) is 1. The lowest BCUT2D eigenvalue weighted by Gasteiger charge is -2.37. The molecule has 0 rings (SSSR count). The number of quaternary nitrogens is 1. The van der Waals surface area contributed by atoms with Crippen molar-refractivity contribution in [3.05, 3.63) is 0 Å². The molecule has 0 aliphatic carbocycles. The average molecular weight is 387 g/mol. The van der Waals surface area contributed by atoms with E-state index in [0.29, 0.717) is 0 Å². The molecule has 0 fully saturated rings. The summed E-state index contributed by atoms with van der Waals surface area (Å²) in [7, 11) is 0. The van der Waals surface area contributed by atoms with E-state index in [0.717, 1.165) is 43.8 Å². The first-order valence-electron chi connectivity index (χ1n) is 9.88. The van der Waals surface area contributed by atoms with Crippen LogP contribution < -0.4 is 17.7 Å². The molecule has 0 radical (unpaired) electrons. The molecule has 0 saturated heterocycles. The fourth-order valence-corrected chi connectivity index (χ4v) is 3.22. The Morgan fingerprint density at radius 1 is 0.792 bits per heavy atom. The molecule has 0 aliphatic rings. The summed E-state index contributed by atoms with van der Waals surface area (Å²) in [6.45, 7) is 15.0. The monoisotopic (exact) mass is 386 g/mol. The molecule has 150 valence electrons. The Bertz CT molecular complexity index is 231. The quantitative estimate of drug-likeness (QED) is 0.310. The molecule has 3 nitrogen and oxygen atoms in total. The number of rotatable bonds is 16. The first-order valence-corrected chi connectivity index (χ1v) is 9.88. The van der Waals surface area contributed by atoms with E-state index in [9.17, 15) is 5.11 Å². The van der Waals surface area contributed by atoms with Gasteiger partial charge in [0.2, 0.25) is 0 Å². The predicted octanol–water partition coefficient (Wildman–Crippen LogP) is 1.38. The van der Waals surface area contributed by atoms with Crippen molar-refractivity contribution in [2.75, 3.05) is 39.3 Å². The molecule has 5 heteroatoms. The molecule has 0 amide bonds. The van der Waals surface area contributed by atoms with Crippen molar-refractivity contribution in [1.29, 1.82) is 0 Å². The van der Waals surface area contributed by atoms with E-state index in [1.165, 1.54) is 51.4 Å². The maximum Gasteiger partial charge on any atom is 0.115 e. The lowest BCUT2D eigenvalue weighted by Crippen LogP contribution is -3.00. The number of hydrogen-bond donors (Lipinski definition) is 2. The zero-order valence-electron chi connectivity index (χ0n) is 16.7. The van der Waals surface area contributed by atoms with Crippen LogP contribution in [0.2, 0.25) is 0 Å². The summed E-state index contributed by atoms with van der Waals surface area (Å²) >= 11 is 0. The normalized spacial score (nSPS) is 12.4. The van der Waals surface area contributed by atoms with Gasteiger partial charge < -0.3 is 27.3 Å². The highest BCUT2D eigenvalue weighted by atomic mass is 35.5. The van der Waals surface area contributed by atoms with Gasteiger partial charge in [-0.3, -0.25) is 0 Å². The van der Waals surface area contributed by atoms with Gasteiger partial charge in [-0.25, -0.2) is 0 Å². The van der Waals surface area contributed by atoms with Gasteiger partial charge >= 0.3 is 0 Å². The van der Waals surface area contributed by atoms with Crippen LogP contribution >= 0.6 is 12.4 Å². The van der Waals surface area contributed by atoms with Crippen LogP contribution in [0.5, 0.6) is 0 Å². The van der Waals surface area contributed by atoms with Crippen LogP contribution in [0.3, 0.4) is 0 Å². The van der Waals surface area contributed by atoms with Crippen molar-refractivity contribution in [1.82, 2.24) is 5.32 Å². The molecule has 0 aromatic carbocycles. The van der Waals surface area contributed by atoms with E-state index in [1.54, 1.807) is 0 Å². The van der Waals surface area contributed by atoms with Gasteiger partial charge in [0, 0.05) is 6.54 Å². The number of nitrogens with one attached hydrogen (secondary N) is 1. The van der Waals surface area contributed by atoms with Crippen molar-refractivity contribution in [3.8, 4) is 0 Å². The summed E-state index contributed by atoms with van der Waals surface area (Å²) in [5.41, 5.74) is 0. The topological polar surface area (TPSA) is 32.3 Å². The van der Waals surface area contributed by atoms with Gasteiger partial charge in [-0.15, -0.1) is 12.4 Å². The summed E-state index contributed by atoms with van der Waals surface area (Å²) in [5.74, 6) is 0. The predicted molar refractivity (Wildman–Crippen MR) is 105 cm³/mol. The van der Waals surface area contributed by atoms with Crippen LogP contribution in [0.15, 0.2) is 0 Å². The average Bonchev–Trinajstić information content (AvgIpc) is 2.54. The number of aliphatic hydroxyl groups excluding tert-OH is 1. The summed E-state index contributed by atoms with van der Waals surface area (Å²) < 4.78 is 1.03. The third kappa shape index (κ3) is 14.8. The van der Waals surface area contributed by atoms with Gasteiger partial charge in [-0.1, -0.05) is 51.9 Å². The summed E-state index contributed by atoms with van der Waals surface area (Å²) in [4.78, 5) is 0. The minimum absolute atomic E-state index is 0. The third-order valence-electron chi connectivity index (χ3n) is 5.20. The number of unbranched alkanes of at least 4 members (excludes halogenated alkanes) is 7. The van der Waals surface area contributed by atoms with Crippen LogP contribution in [0.25, 0.3) is 0 Å². The van der Waals surface area contributed by atoms with Gasteiger partial charge in [0.05, 0.1) is 19.6 Å². The molecular formula is C19H44Cl2N2O. The van der Waals surface area contributed by atoms with E-state index in [4.69, 9.17) is 0 Å². The number of hydrogen-bond acceptors (Lipinski definition) is 2. The van der Waals surface area contributed by atoms with Crippen molar-refractivity contribution < 1.29 is 22.0 Å². The highest BCUT2D eigenvalue weighted by Crippen LogP contribution is 2.09. The molecule has 0 spiro atoms. The summed E-state index contributed by atoms with van der Waals surface area (Å²) in [6.07, 6.45) is 10.7. The summed E-state index contributed by atoms with van der Waals surface area (Å²) in [5, 5.41) is 13.7. The second-order valence-electron chi connectivity index (χ2n) is 6.81. The van der Waals surface area contributed by atoms with Crippen LogP contribution in [-0.2, 0) is 0 Å². The van der Waals surface area contributed by atoms with Gasteiger partial charge in [0.1, 0.15) is 12.6 Å². The second-order valence-corrected chi connectivity index (χ2v) is 6.81. The Morgan fingerprint density at radius 3 is 1.71 bits per heavy atom. The highest BCUT2D eigenvalue weighted by Gasteiger charge is 2.24. The van der Waals surface area contributed by atoms with Crippen LogP contribution in [-0.4, -0.2) is 55.0 Å². The molecule has 0 saturated carbocycles. The standard InChI is InChI=1S/C19H43N2O.2ClH/c1-5-9-10-11-12-13-14-15-16-20-17-19(22)18-21(6-2,7-3)8-4;;/h19-20,22H,5-18H2,1-4H3;2*1H/q+1;;/p-1. The molecular weight excluding hydrogens is 343 g/mol. The van der Waals surface area contributed by atoms with Gasteiger partial charge in [-0.05, 0) is 33.7 Å². The molecule has 1 unspecified atom stereocenters. The van der Waals surface area contributed by atoms with Crippen molar-refractivity contribution in [2.24, 2.45) is 0 Å². The Balaban J connectivity index is -0.00000220. The Kier molecular flexibility index (Phi) is 24.1. The Morgan fingerprint density at radius 2 is 1.25 bits per heavy atom. The minimum atomic E-state index is -0.214. The molecule has 0 aromatic rings. The van der Waals surface area contributed by atoms with Crippen LogP contribution in [0.1, 0.15) is 79.1 Å². The van der Waals surface area contributed by atoms with E-state index in [-0.39, 0.29) is 30.9 Å². The van der Waals surface area contributed by atoms with Crippen molar-refractivity contribution in [3.63, 3.8) is 0 Å². The van der Waals surface area contributed by atoms with E-state index in [2.05, 4.69) is 33.0 Å². The molecule has 0 aliphatic heterocycles. The SMILES string of the molecule is CCCCCCCCCCNCC(O)C[N+](CC)(CC)CC.Cl.[Cl-]. The first kappa shape index (κ1) is 29.2. The van der Waals surface area contributed by atoms with Gasteiger partial charge in [0.15, 0.2) is 0 Å². The van der Waals surface area contributed by atoms with Gasteiger partial charge in [-0.2, -0.15) is 0 Å². The largest absolute Gasteiger partial charge is 1.00 e. The fraction of sp³-hybridized carbons (Fsp3) is 1.00. The van der Waals surface area contributed by atoms with Crippen LogP contribution in [0, 0.1) is 0 Å². The lowest BCUT2D eigenvalue weighted by atomic mass is 10.1. The van der Waals surface area contributed by atoms with Crippen LogP contribution in [0.4, 0.5) is 0 Å². The maximum atomic E-state index is 10.2. The van der Waals surface area contributed by atoms with Crippen molar-refractivity contribution in [2.45, 2.75) is 85.2 Å².